The number of aliphatic imine (C=N–C) groups is 2. The summed E-state index contributed by atoms with van der Waals surface area (Å²) in [6.45, 7) is 4.09. The quantitative estimate of drug-likeness (QED) is 0.705. The van der Waals surface area contributed by atoms with E-state index in [1.54, 1.807) is 12.4 Å². The molecule has 2 rings (SSSR count). The van der Waals surface area contributed by atoms with E-state index in [-0.39, 0.29) is 0 Å². The molecule has 2 aromatic rings. The molecule has 0 saturated carbocycles. The second-order valence-electron chi connectivity index (χ2n) is 4.13. The van der Waals surface area contributed by atoms with Crippen molar-refractivity contribution in [1.29, 1.82) is 0 Å². The molecule has 0 bridgehead atoms. The van der Waals surface area contributed by atoms with Crippen LogP contribution in [0.3, 0.4) is 0 Å². The van der Waals surface area contributed by atoms with Crippen molar-refractivity contribution in [3.63, 3.8) is 0 Å². The van der Waals surface area contributed by atoms with Crippen LogP contribution in [0.5, 0.6) is 0 Å². The zero-order valence-corrected chi connectivity index (χ0v) is 10.7. The molecule has 90 valence electrons. The van der Waals surface area contributed by atoms with E-state index >= 15 is 0 Å². The molecule has 0 fully saturated rings. The highest BCUT2D eigenvalue weighted by molar-refractivity contribution is 6.17. The van der Waals surface area contributed by atoms with Gasteiger partial charge in [0.2, 0.25) is 0 Å². The van der Waals surface area contributed by atoms with Gasteiger partial charge in [-0.1, -0.05) is 36.4 Å². The van der Waals surface area contributed by atoms with Gasteiger partial charge in [0.25, 0.3) is 0 Å². The van der Waals surface area contributed by atoms with Crippen molar-refractivity contribution >= 4 is 23.8 Å². The minimum atomic E-state index is 0.980. The zero-order valence-electron chi connectivity index (χ0n) is 10.7. The Balaban J connectivity index is 2.08. The zero-order chi connectivity index (χ0) is 12.8. The van der Waals surface area contributed by atoms with Gasteiger partial charge in [0, 0.05) is 12.4 Å². The summed E-state index contributed by atoms with van der Waals surface area (Å²) >= 11 is 0. The maximum atomic E-state index is 4.38. The second-order valence-corrected chi connectivity index (χ2v) is 4.13. The van der Waals surface area contributed by atoms with Gasteiger partial charge in [0.15, 0.2) is 0 Å². The molecule has 2 heteroatoms. The molecule has 2 aromatic carbocycles. The summed E-state index contributed by atoms with van der Waals surface area (Å²) in [5.74, 6) is 0. The van der Waals surface area contributed by atoms with Crippen LogP contribution in [0.15, 0.2) is 58.5 Å². The van der Waals surface area contributed by atoms with Gasteiger partial charge in [-0.15, -0.1) is 0 Å². The highest BCUT2D eigenvalue weighted by Gasteiger charge is 1.92. The van der Waals surface area contributed by atoms with Gasteiger partial charge in [-0.25, -0.2) is 0 Å². The highest BCUT2D eigenvalue weighted by Crippen LogP contribution is 2.17. The molecule has 0 spiro atoms. The Kier molecular flexibility index (Phi) is 4.02. The average Bonchev–Trinajstić information content (AvgIpc) is 2.38. The van der Waals surface area contributed by atoms with E-state index in [4.69, 9.17) is 0 Å². The number of para-hydroxylation sites is 2. The van der Waals surface area contributed by atoms with Crippen molar-refractivity contribution in [2.24, 2.45) is 9.98 Å². The van der Waals surface area contributed by atoms with Gasteiger partial charge in [-0.3, -0.25) is 9.98 Å². The molecule has 2 nitrogen and oxygen atoms in total. The van der Waals surface area contributed by atoms with E-state index in [2.05, 4.69) is 9.98 Å². The Morgan fingerprint density at radius 1 is 0.667 bits per heavy atom. The predicted molar refractivity (Wildman–Crippen MR) is 78.7 cm³/mol. The first-order chi connectivity index (χ1) is 8.77. The monoisotopic (exact) mass is 236 g/mol. The van der Waals surface area contributed by atoms with Crippen LogP contribution >= 0.6 is 0 Å². The molecule has 0 heterocycles. The first-order valence-corrected chi connectivity index (χ1v) is 5.95. The molecule has 0 saturated heterocycles. The lowest BCUT2D eigenvalue weighted by Gasteiger charge is -1.97. The van der Waals surface area contributed by atoms with Crippen LogP contribution in [0.1, 0.15) is 11.1 Å². The molecule has 0 atom stereocenters. The lowest BCUT2D eigenvalue weighted by molar-refractivity contribution is 1.40. The lowest BCUT2D eigenvalue weighted by Crippen LogP contribution is -1.79. The molecule has 0 amide bonds. The van der Waals surface area contributed by atoms with Gasteiger partial charge in [0.05, 0.1) is 11.4 Å². The van der Waals surface area contributed by atoms with E-state index in [0.717, 1.165) is 22.5 Å². The van der Waals surface area contributed by atoms with Gasteiger partial charge in [-0.2, -0.15) is 0 Å². The van der Waals surface area contributed by atoms with Crippen molar-refractivity contribution in [3.05, 3.63) is 59.7 Å². The fourth-order valence-corrected chi connectivity index (χ4v) is 1.64. The largest absolute Gasteiger partial charge is 0.255 e. The van der Waals surface area contributed by atoms with Crippen LogP contribution in [0.25, 0.3) is 0 Å². The SMILES string of the molecule is Cc1ccccc1/N=C/C=N/c1ccccc1C. The Morgan fingerprint density at radius 3 is 1.44 bits per heavy atom. The van der Waals surface area contributed by atoms with Gasteiger partial charge in [0.1, 0.15) is 0 Å². The Bertz CT molecular complexity index is 530. The average molecular weight is 236 g/mol. The van der Waals surface area contributed by atoms with Gasteiger partial charge >= 0.3 is 0 Å². The smallest absolute Gasteiger partial charge is 0.0659 e. The summed E-state index contributed by atoms with van der Waals surface area (Å²) in [4.78, 5) is 8.75. The number of benzene rings is 2. The molecule has 0 radical (unpaired) electrons. The first-order valence-electron chi connectivity index (χ1n) is 5.95. The highest BCUT2D eigenvalue weighted by atomic mass is 14.8. The minimum absolute atomic E-state index is 0.980. The number of rotatable bonds is 3. The van der Waals surface area contributed by atoms with Gasteiger partial charge in [-0.05, 0) is 37.1 Å². The molecule has 0 aliphatic carbocycles. The summed E-state index contributed by atoms with van der Waals surface area (Å²) in [6, 6.07) is 16.1. The van der Waals surface area contributed by atoms with Crippen molar-refractivity contribution < 1.29 is 0 Å². The van der Waals surface area contributed by atoms with Crippen molar-refractivity contribution in [2.75, 3.05) is 0 Å². The van der Waals surface area contributed by atoms with Crippen LogP contribution in [0.4, 0.5) is 11.4 Å². The molecule has 0 aliphatic heterocycles. The van der Waals surface area contributed by atoms with Crippen LogP contribution in [-0.4, -0.2) is 12.4 Å². The fourth-order valence-electron chi connectivity index (χ4n) is 1.64. The molecule has 0 aromatic heterocycles. The lowest BCUT2D eigenvalue weighted by atomic mass is 10.2. The maximum Gasteiger partial charge on any atom is 0.0659 e. The normalized spacial score (nSPS) is 11.4. The summed E-state index contributed by atoms with van der Waals surface area (Å²) in [5.41, 5.74) is 4.29. The Morgan fingerprint density at radius 2 is 1.06 bits per heavy atom. The summed E-state index contributed by atoms with van der Waals surface area (Å²) in [6.07, 6.45) is 3.46. The summed E-state index contributed by atoms with van der Waals surface area (Å²) in [5, 5.41) is 0. The Hall–Kier alpha value is -2.22. The molecule has 0 unspecified atom stereocenters. The molecular weight excluding hydrogens is 220 g/mol. The maximum absolute atomic E-state index is 4.38. The number of hydrogen-bond donors (Lipinski definition) is 0. The third-order valence-electron chi connectivity index (χ3n) is 2.72. The van der Waals surface area contributed by atoms with Crippen LogP contribution in [0.2, 0.25) is 0 Å². The number of aryl methyl sites for hydroxylation is 2. The van der Waals surface area contributed by atoms with Crippen LogP contribution < -0.4 is 0 Å². The van der Waals surface area contributed by atoms with Crippen molar-refractivity contribution in [3.8, 4) is 0 Å². The first kappa shape index (κ1) is 12.2. The molecule has 0 aliphatic rings. The van der Waals surface area contributed by atoms with Crippen LogP contribution in [0, 0.1) is 13.8 Å². The number of nitrogens with zero attached hydrogens (tertiary/aromatic N) is 2. The van der Waals surface area contributed by atoms with Crippen molar-refractivity contribution in [1.82, 2.24) is 0 Å². The predicted octanol–water partition coefficient (Wildman–Crippen LogP) is 4.41. The Labute approximate surface area is 108 Å². The van der Waals surface area contributed by atoms with Gasteiger partial charge < -0.3 is 0 Å². The topological polar surface area (TPSA) is 24.7 Å². The van der Waals surface area contributed by atoms with E-state index < -0.39 is 0 Å². The standard InChI is InChI=1S/C16H16N2/c1-13-7-3-5-9-15(13)17-11-12-18-16-10-6-4-8-14(16)2/h3-12H,1-2H3/b17-11+,18-12+. The van der Waals surface area contributed by atoms with E-state index in [1.807, 2.05) is 62.4 Å². The van der Waals surface area contributed by atoms with Crippen molar-refractivity contribution in [2.45, 2.75) is 13.8 Å². The van der Waals surface area contributed by atoms with E-state index in [9.17, 15) is 0 Å². The van der Waals surface area contributed by atoms with Crippen LogP contribution in [-0.2, 0) is 0 Å². The third kappa shape index (κ3) is 3.14. The fraction of sp³-hybridized carbons (Fsp3) is 0.125. The summed E-state index contributed by atoms with van der Waals surface area (Å²) in [7, 11) is 0. The van der Waals surface area contributed by atoms with E-state index in [0.29, 0.717) is 0 Å². The minimum Gasteiger partial charge on any atom is -0.255 e. The van der Waals surface area contributed by atoms with E-state index in [1.165, 1.54) is 0 Å². The summed E-state index contributed by atoms with van der Waals surface area (Å²) < 4.78 is 0. The molecule has 18 heavy (non-hydrogen) atoms. The molecule has 0 N–H and O–H groups in total. The second kappa shape index (κ2) is 5.92. The molecular formula is C16H16N2. The number of hydrogen-bond acceptors (Lipinski definition) is 2. The third-order valence-corrected chi connectivity index (χ3v) is 2.72.